The molecule has 0 aliphatic heterocycles. The van der Waals surface area contributed by atoms with Crippen molar-refractivity contribution in [3.8, 4) is 0 Å². The molecule has 0 aromatic heterocycles. The van der Waals surface area contributed by atoms with Crippen LogP contribution in [0.4, 0.5) is 26.3 Å². The van der Waals surface area contributed by atoms with E-state index in [0.717, 1.165) is 38.2 Å². The van der Waals surface area contributed by atoms with Gasteiger partial charge in [-0.05, 0) is 26.7 Å². The number of allylic oxidation sites excluding steroid dienone is 4. The lowest BCUT2D eigenvalue weighted by atomic mass is 9.85. The van der Waals surface area contributed by atoms with E-state index in [9.17, 15) is 34.8 Å². The fourth-order valence-electron chi connectivity index (χ4n) is 3.41. The number of halogens is 6. The van der Waals surface area contributed by atoms with Crippen LogP contribution in [0.15, 0.2) is 47.6 Å². The number of alkyl halides is 6. The third-order valence-corrected chi connectivity index (χ3v) is 8.39. The minimum Gasteiger partial charge on any atom is -0.321 e. The van der Waals surface area contributed by atoms with Gasteiger partial charge in [0.2, 0.25) is 0 Å². The maximum atomic E-state index is 13.1. The maximum Gasteiger partial charge on any atom is 0.416 e. The van der Waals surface area contributed by atoms with Gasteiger partial charge in [0.15, 0.2) is 9.84 Å². The summed E-state index contributed by atoms with van der Waals surface area (Å²) in [5.41, 5.74) is 6.12. The fraction of sp³-hybridized carbons (Fsp3) is 0.556. The van der Waals surface area contributed by atoms with Crippen molar-refractivity contribution in [2.75, 3.05) is 0 Å². The van der Waals surface area contributed by atoms with E-state index < -0.39 is 54.9 Å². The fourth-order valence-corrected chi connectivity index (χ4v) is 5.57. The molecule has 4 nitrogen and oxygen atoms in total. The topological polar surface area (TPSA) is 86.2 Å². The van der Waals surface area contributed by atoms with E-state index in [1.807, 2.05) is 0 Å². The summed E-state index contributed by atoms with van der Waals surface area (Å²) in [4.78, 5) is 0. The minimum absolute atomic E-state index is 0.180. The molecule has 0 amide bonds. The van der Waals surface area contributed by atoms with Gasteiger partial charge in [0.1, 0.15) is 0 Å². The summed E-state index contributed by atoms with van der Waals surface area (Å²) in [6, 6.07) is 0. The summed E-state index contributed by atoms with van der Waals surface area (Å²) >= 11 is 0. The molecule has 4 atom stereocenters. The number of nitrogens with two attached hydrogens (primary N) is 2. The van der Waals surface area contributed by atoms with Crippen molar-refractivity contribution in [3.63, 3.8) is 0 Å². The van der Waals surface area contributed by atoms with E-state index in [1.165, 1.54) is 0 Å². The number of rotatable bonds is 4. The first-order valence-corrected chi connectivity index (χ1v) is 10.3. The molecule has 0 fully saturated rings. The van der Waals surface area contributed by atoms with Crippen molar-refractivity contribution in [3.05, 3.63) is 47.6 Å². The Hall–Kier alpha value is -1.59. The molecule has 4 unspecified atom stereocenters. The lowest BCUT2D eigenvalue weighted by Gasteiger charge is -2.40. The number of sulfone groups is 1. The van der Waals surface area contributed by atoms with E-state index in [1.54, 1.807) is 0 Å². The number of hydrogen-bond acceptors (Lipinski definition) is 4. The lowest BCUT2D eigenvalue weighted by molar-refractivity contribution is -0.0898. The van der Waals surface area contributed by atoms with E-state index in [0.29, 0.717) is 12.2 Å². The van der Waals surface area contributed by atoms with E-state index >= 15 is 0 Å². The van der Waals surface area contributed by atoms with Crippen LogP contribution in [0.25, 0.3) is 0 Å². The van der Waals surface area contributed by atoms with Crippen LogP contribution in [0, 0.1) is 0 Å². The van der Waals surface area contributed by atoms with Crippen molar-refractivity contribution in [1.29, 1.82) is 0 Å². The van der Waals surface area contributed by atoms with Gasteiger partial charge < -0.3 is 11.5 Å². The normalized spacial score (nSPS) is 30.6. The molecule has 0 saturated carbocycles. The monoisotopic (exact) mass is 444 g/mol. The van der Waals surface area contributed by atoms with E-state index in [2.05, 4.69) is 0 Å². The average Bonchev–Trinajstić information content (AvgIpc) is 2.59. The Labute approximate surface area is 164 Å². The highest BCUT2D eigenvalue weighted by atomic mass is 32.2. The van der Waals surface area contributed by atoms with Crippen molar-refractivity contribution < 1.29 is 34.8 Å². The van der Waals surface area contributed by atoms with Crippen LogP contribution >= 0.6 is 0 Å². The van der Waals surface area contributed by atoms with Gasteiger partial charge in [0.05, 0.1) is 32.7 Å². The van der Waals surface area contributed by atoms with Gasteiger partial charge in [-0.25, -0.2) is 8.42 Å². The molecule has 2 rings (SSSR count). The van der Waals surface area contributed by atoms with Gasteiger partial charge in [-0.15, -0.1) is 0 Å². The highest BCUT2D eigenvalue weighted by Crippen LogP contribution is 2.39. The quantitative estimate of drug-likeness (QED) is 0.651. The van der Waals surface area contributed by atoms with Gasteiger partial charge in [-0.1, -0.05) is 36.5 Å². The SMILES string of the molecule is CC(C1(N)C=C(C(F)(F)F)C=CC1)S(=O)(=O)C(C)C1(N)C=C(C(F)(F)F)C=CC1. The van der Waals surface area contributed by atoms with Crippen molar-refractivity contribution in [2.24, 2.45) is 11.5 Å². The molecule has 29 heavy (non-hydrogen) atoms. The summed E-state index contributed by atoms with van der Waals surface area (Å²) in [6.45, 7) is 2.29. The summed E-state index contributed by atoms with van der Waals surface area (Å²) in [5.74, 6) is 0. The maximum absolute atomic E-state index is 13.1. The zero-order valence-corrected chi connectivity index (χ0v) is 16.5. The van der Waals surface area contributed by atoms with Crippen LogP contribution in [-0.4, -0.2) is 42.3 Å². The molecule has 2 aliphatic carbocycles. The van der Waals surface area contributed by atoms with Crippen LogP contribution in [0.2, 0.25) is 0 Å². The average molecular weight is 444 g/mol. The lowest BCUT2D eigenvalue weighted by Crippen LogP contribution is -2.60. The molecule has 0 radical (unpaired) electrons. The molecule has 4 N–H and O–H groups in total. The van der Waals surface area contributed by atoms with Crippen molar-refractivity contribution >= 4 is 9.84 Å². The zero-order valence-electron chi connectivity index (χ0n) is 15.7. The predicted octanol–water partition coefficient (Wildman–Crippen LogP) is 3.47. The van der Waals surface area contributed by atoms with Gasteiger partial charge in [0, 0.05) is 0 Å². The van der Waals surface area contributed by atoms with Gasteiger partial charge >= 0.3 is 12.4 Å². The Morgan fingerprint density at radius 3 is 1.41 bits per heavy atom. The second-order valence-corrected chi connectivity index (χ2v) is 10.1. The highest BCUT2D eigenvalue weighted by molar-refractivity contribution is 7.92. The molecular formula is C18H22F6N2O2S. The molecule has 0 aromatic rings. The summed E-state index contributed by atoms with van der Waals surface area (Å²) in [7, 11) is -4.33. The Morgan fingerprint density at radius 1 is 0.828 bits per heavy atom. The van der Waals surface area contributed by atoms with Crippen molar-refractivity contribution in [2.45, 2.75) is 60.6 Å². The number of hydrogen-bond donors (Lipinski definition) is 2. The summed E-state index contributed by atoms with van der Waals surface area (Å²) in [6.07, 6.45) is -4.61. The van der Waals surface area contributed by atoms with Crippen LogP contribution in [0.5, 0.6) is 0 Å². The predicted molar refractivity (Wildman–Crippen MR) is 97.5 cm³/mol. The van der Waals surface area contributed by atoms with Gasteiger partial charge in [-0.3, -0.25) is 0 Å². The van der Waals surface area contributed by atoms with Crippen molar-refractivity contribution in [1.82, 2.24) is 0 Å². The standard InChI is InChI=1S/C18H22F6N2O2S/c1-11(15(25)7-3-5-13(9-15)17(19,20)21)29(27,28)12(2)16(26)8-4-6-14(10-16)18(22,23)24/h3-6,9-12H,7-8,25-26H2,1-2H3. The Balaban J connectivity index is 2.42. The van der Waals surface area contributed by atoms with Crippen LogP contribution in [0.3, 0.4) is 0 Å². The molecular weight excluding hydrogens is 422 g/mol. The molecule has 164 valence electrons. The zero-order chi connectivity index (χ0) is 22.5. The third kappa shape index (κ3) is 4.61. The first-order chi connectivity index (χ1) is 12.9. The Kier molecular flexibility index (Phi) is 5.94. The van der Waals surface area contributed by atoms with Gasteiger partial charge in [0.25, 0.3) is 0 Å². The largest absolute Gasteiger partial charge is 0.416 e. The Bertz CT molecular complexity index is 819. The second kappa shape index (κ2) is 7.28. The molecule has 0 saturated heterocycles. The molecule has 2 aliphatic rings. The van der Waals surface area contributed by atoms with Gasteiger partial charge in [-0.2, -0.15) is 26.3 Å². The minimum atomic E-state index is -4.72. The van der Waals surface area contributed by atoms with Crippen LogP contribution in [0.1, 0.15) is 26.7 Å². The molecule has 0 heterocycles. The first kappa shape index (κ1) is 23.7. The van der Waals surface area contributed by atoms with E-state index in [4.69, 9.17) is 11.5 Å². The molecule has 0 bridgehead atoms. The smallest absolute Gasteiger partial charge is 0.321 e. The van der Waals surface area contributed by atoms with Crippen LogP contribution in [-0.2, 0) is 9.84 Å². The highest BCUT2D eigenvalue weighted by Gasteiger charge is 2.50. The van der Waals surface area contributed by atoms with Crippen LogP contribution < -0.4 is 11.5 Å². The summed E-state index contributed by atoms with van der Waals surface area (Å²) < 4.78 is 105. The van der Waals surface area contributed by atoms with E-state index in [-0.39, 0.29) is 12.8 Å². The molecule has 0 spiro atoms. The summed E-state index contributed by atoms with van der Waals surface area (Å²) in [5, 5.41) is -3.05. The molecule has 11 heteroatoms. The Morgan fingerprint density at radius 2 is 1.14 bits per heavy atom. The third-order valence-electron chi connectivity index (χ3n) is 5.54. The second-order valence-electron chi connectivity index (χ2n) is 7.51. The molecule has 0 aromatic carbocycles. The first-order valence-electron chi connectivity index (χ1n) is 8.67.